The fourth-order valence-electron chi connectivity index (χ4n) is 5.26. The van der Waals surface area contributed by atoms with Crippen LogP contribution < -0.4 is 26.2 Å². The van der Waals surface area contributed by atoms with Crippen LogP contribution in [0, 0.1) is 6.92 Å². The van der Waals surface area contributed by atoms with Gasteiger partial charge in [-0.1, -0.05) is 48.5 Å². The van der Waals surface area contributed by atoms with Gasteiger partial charge in [0.25, 0.3) is 0 Å². The summed E-state index contributed by atoms with van der Waals surface area (Å²) in [6, 6.07) is 23.3. The number of hydrogen-bond donors (Lipinski definition) is 4. The molecule has 4 aromatic rings. The summed E-state index contributed by atoms with van der Waals surface area (Å²) in [5, 5.41) is 12.6. The average Bonchev–Trinajstić information content (AvgIpc) is 3.58. The molecule has 2 aromatic carbocycles. The van der Waals surface area contributed by atoms with Gasteiger partial charge in [0.15, 0.2) is 5.82 Å². The highest BCUT2D eigenvalue weighted by Gasteiger charge is 2.32. The Labute approximate surface area is 258 Å². The van der Waals surface area contributed by atoms with Crippen molar-refractivity contribution in [1.29, 1.82) is 0 Å². The summed E-state index contributed by atoms with van der Waals surface area (Å²) >= 11 is 0. The zero-order valence-corrected chi connectivity index (χ0v) is 25.3. The molecule has 0 saturated carbocycles. The molecule has 1 fully saturated rings. The molecule has 230 valence electrons. The second-order valence-corrected chi connectivity index (χ2v) is 10.6. The van der Waals surface area contributed by atoms with Crippen molar-refractivity contribution < 1.29 is 14.0 Å². The molecular weight excluding hydrogens is 556 g/mol. The van der Waals surface area contributed by atoms with Gasteiger partial charge in [-0.15, -0.1) is 0 Å². The van der Waals surface area contributed by atoms with E-state index in [0.29, 0.717) is 49.4 Å². The van der Waals surface area contributed by atoms with E-state index in [4.69, 9.17) is 14.4 Å². The van der Waals surface area contributed by atoms with Crippen LogP contribution in [0.2, 0.25) is 0 Å². The van der Waals surface area contributed by atoms with Crippen LogP contribution in [-0.2, 0) is 9.59 Å². The summed E-state index contributed by atoms with van der Waals surface area (Å²) in [5.41, 5.74) is 2.93. The number of nitrogens with zero attached hydrogens (tertiary/aromatic N) is 4. The van der Waals surface area contributed by atoms with Gasteiger partial charge in [0.2, 0.25) is 11.8 Å². The second-order valence-electron chi connectivity index (χ2n) is 10.6. The van der Waals surface area contributed by atoms with Crippen molar-refractivity contribution >= 4 is 29.1 Å². The number of aromatic nitrogens is 2. The largest absolute Gasteiger partial charge is 0.467 e. The molecule has 2 aromatic heterocycles. The first-order valence-electron chi connectivity index (χ1n) is 15.0. The van der Waals surface area contributed by atoms with Gasteiger partial charge in [-0.2, -0.15) is 0 Å². The van der Waals surface area contributed by atoms with Crippen molar-refractivity contribution in [1.82, 2.24) is 25.5 Å². The van der Waals surface area contributed by atoms with Crippen molar-refractivity contribution in [3.8, 4) is 11.4 Å². The van der Waals surface area contributed by atoms with E-state index in [2.05, 4.69) is 43.2 Å². The molecule has 4 N–H and O–H groups in total. The molecule has 1 aliphatic heterocycles. The molecule has 1 saturated heterocycles. The van der Waals surface area contributed by atoms with Gasteiger partial charge in [-0.25, -0.2) is 9.97 Å². The Morgan fingerprint density at radius 3 is 2.00 bits per heavy atom. The Balaban J connectivity index is 1.21. The predicted octanol–water partition coefficient (Wildman–Crippen LogP) is 3.68. The predicted molar refractivity (Wildman–Crippen MR) is 173 cm³/mol. The van der Waals surface area contributed by atoms with E-state index < -0.39 is 6.04 Å². The number of hydrogen-bond acceptors (Lipinski definition) is 9. The molecule has 1 aliphatic rings. The number of furan rings is 1. The first kappa shape index (κ1) is 30.6. The van der Waals surface area contributed by atoms with Crippen LogP contribution in [-0.4, -0.2) is 79.0 Å². The SMILES string of the molecule is CC(=O)NCCNc1nc(-c2ccccc2)nc(NCCNC(=O)C(c2ccco2)N2CCN(c3ccccc3)CC2)c1C. The summed E-state index contributed by atoms with van der Waals surface area (Å²) < 4.78 is 5.72. The van der Waals surface area contributed by atoms with Gasteiger partial charge in [0.05, 0.1) is 6.26 Å². The summed E-state index contributed by atoms with van der Waals surface area (Å²) in [7, 11) is 0. The number of carbonyl (C=O) groups excluding carboxylic acids is 2. The number of amides is 2. The second kappa shape index (κ2) is 15.0. The van der Waals surface area contributed by atoms with E-state index in [-0.39, 0.29) is 11.8 Å². The molecule has 0 spiro atoms. The maximum atomic E-state index is 13.5. The Morgan fingerprint density at radius 2 is 1.41 bits per heavy atom. The number of piperazine rings is 1. The van der Waals surface area contributed by atoms with Crippen molar-refractivity contribution in [2.45, 2.75) is 19.9 Å². The summed E-state index contributed by atoms with van der Waals surface area (Å²) in [6.07, 6.45) is 1.61. The lowest BCUT2D eigenvalue weighted by molar-refractivity contribution is -0.127. The van der Waals surface area contributed by atoms with Crippen LogP contribution in [0.15, 0.2) is 83.5 Å². The maximum Gasteiger partial charge on any atom is 0.245 e. The number of anilines is 3. The van der Waals surface area contributed by atoms with E-state index >= 15 is 0 Å². The third kappa shape index (κ3) is 7.93. The summed E-state index contributed by atoms with van der Waals surface area (Å²) in [5.74, 6) is 2.40. The minimum atomic E-state index is -0.507. The van der Waals surface area contributed by atoms with Gasteiger partial charge in [0, 0.05) is 76.1 Å². The van der Waals surface area contributed by atoms with Crippen molar-refractivity contribution in [2.75, 3.05) is 67.9 Å². The van der Waals surface area contributed by atoms with Gasteiger partial charge in [0.1, 0.15) is 23.4 Å². The molecular formula is C33H40N8O3. The smallest absolute Gasteiger partial charge is 0.245 e. The molecule has 44 heavy (non-hydrogen) atoms. The lowest BCUT2D eigenvalue weighted by Crippen LogP contribution is -2.51. The van der Waals surface area contributed by atoms with Crippen molar-refractivity contribution in [2.24, 2.45) is 0 Å². The molecule has 0 aliphatic carbocycles. The van der Waals surface area contributed by atoms with Gasteiger partial charge < -0.3 is 30.6 Å². The van der Waals surface area contributed by atoms with Crippen LogP contribution in [0.25, 0.3) is 11.4 Å². The Hall–Kier alpha value is -4.90. The molecule has 0 radical (unpaired) electrons. The Morgan fingerprint density at radius 1 is 0.795 bits per heavy atom. The van der Waals surface area contributed by atoms with E-state index in [1.807, 2.05) is 67.6 Å². The number of rotatable bonds is 13. The van der Waals surface area contributed by atoms with E-state index in [1.54, 1.807) is 6.26 Å². The minimum absolute atomic E-state index is 0.0793. The first-order valence-corrected chi connectivity index (χ1v) is 15.0. The number of carbonyl (C=O) groups is 2. The number of para-hydroxylation sites is 1. The van der Waals surface area contributed by atoms with Gasteiger partial charge >= 0.3 is 0 Å². The van der Waals surface area contributed by atoms with Crippen LogP contribution in [0.1, 0.15) is 24.3 Å². The van der Waals surface area contributed by atoms with Gasteiger partial charge in [-0.3, -0.25) is 14.5 Å². The standard InChI is InChI=1S/C33H40N8O3/c1-24-30(35-16-15-34-25(2)42)38-32(26-10-5-3-6-11-26)39-31(24)36-17-18-37-33(43)29(28-14-9-23-44-28)41-21-19-40(20-22-41)27-12-7-4-8-13-27/h3-14,23,29H,15-22H2,1-2H3,(H,34,42)(H,37,43)(H2,35,36,38,39). The molecule has 11 nitrogen and oxygen atoms in total. The normalized spacial score (nSPS) is 14.1. The highest BCUT2D eigenvalue weighted by molar-refractivity contribution is 5.82. The molecule has 1 unspecified atom stereocenters. The quantitative estimate of drug-likeness (QED) is 0.171. The Kier molecular flexibility index (Phi) is 10.4. The maximum absolute atomic E-state index is 13.5. The molecule has 2 amide bonds. The van der Waals surface area contributed by atoms with Crippen LogP contribution in [0.3, 0.4) is 0 Å². The highest BCUT2D eigenvalue weighted by atomic mass is 16.3. The average molecular weight is 597 g/mol. The zero-order chi connectivity index (χ0) is 30.7. The van der Waals surface area contributed by atoms with E-state index in [1.165, 1.54) is 12.6 Å². The summed E-state index contributed by atoms with van der Waals surface area (Å²) in [6.45, 7) is 8.44. The van der Waals surface area contributed by atoms with Crippen molar-refractivity contribution in [3.63, 3.8) is 0 Å². The fourth-order valence-corrected chi connectivity index (χ4v) is 5.26. The highest BCUT2D eigenvalue weighted by Crippen LogP contribution is 2.26. The topological polar surface area (TPSA) is 128 Å². The van der Waals surface area contributed by atoms with E-state index in [0.717, 1.165) is 37.3 Å². The zero-order valence-electron chi connectivity index (χ0n) is 25.3. The van der Waals surface area contributed by atoms with Gasteiger partial charge in [-0.05, 0) is 31.2 Å². The van der Waals surface area contributed by atoms with Crippen molar-refractivity contribution in [3.05, 3.63) is 90.4 Å². The lowest BCUT2D eigenvalue weighted by atomic mass is 10.1. The molecule has 5 rings (SSSR count). The Bertz CT molecular complexity index is 1490. The summed E-state index contributed by atoms with van der Waals surface area (Å²) in [4.78, 5) is 38.8. The minimum Gasteiger partial charge on any atom is -0.467 e. The van der Waals surface area contributed by atoms with Crippen LogP contribution in [0.4, 0.5) is 17.3 Å². The number of benzene rings is 2. The third-order valence-electron chi connectivity index (χ3n) is 7.55. The molecule has 1 atom stereocenters. The molecule has 3 heterocycles. The van der Waals surface area contributed by atoms with E-state index in [9.17, 15) is 9.59 Å². The molecule has 11 heteroatoms. The van der Waals surface area contributed by atoms with Crippen LogP contribution in [0.5, 0.6) is 0 Å². The lowest BCUT2D eigenvalue weighted by Gasteiger charge is -2.39. The third-order valence-corrected chi connectivity index (χ3v) is 7.55. The van der Waals surface area contributed by atoms with Crippen LogP contribution >= 0.6 is 0 Å². The number of nitrogens with one attached hydrogen (secondary N) is 4. The first-order chi connectivity index (χ1) is 21.5. The fraction of sp³-hybridized carbons (Fsp3) is 0.333. The molecule has 0 bridgehead atoms. The monoisotopic (exact) mass is 596 g/mol.